The van der Waals surface area contributed by atoms with Crippen molar-refractivity contribution >= 4 is 17.4 Å². The molecule has 0 aliphatic rings. The molecule has 7 nitrogen and oxygen atoms in total. The third-order valence-corrected chi connectivity index (χ3v) is 5.29. The Morgan fingerprint density at radius 3 is 2.71 bits per heavy atom. The predicted octanol–water partition coefficient (Wildman–Crippen LogP) is 4.87. The second-order valence-corrected chi connectivity index (χ2v) is 7.31. The molecule has 0 amide bonds. The second-order valence-electron chi connectivity index (χ2n) is 6.37. The zero-order chi connectivity index (χ0) is 20.1. The van der Waals surface area contributed by atoms with Crippen LogP contribution < -0.4 is 4.74 Å². The van der Waals surface area contributed by atoms with Gasteiger partial charge in [-0.05, 0) is 25.5 Å². The fraction of sp³-hybridized carbons (Fsp3) is 0.300. The predicted molar refractivity (Wildman–Crippen MR) is 110 cm³/mol. The Bertz CT molecular complexity index is 987. The largest absolute Gasteiger partial charge is 0.496 e. The highest BCUT2D eigenvalue weighted by Gasteiger charge is 2.16. The number of nitrogens with zero attached hydrogens (tertiary/aromatic N) is 4. The smallest absolute Gasteiger partial charge is 0.270 e. The summed E-state index contributed by atoms with van der Waals surface area (Å²) in [6.45, 7) is 4.96. The van der Waals surface area contributed by atoms with Gasteiger partial charge in [-0.3, -0.25) is 10.1 Å². The van der Waals surface area contributed by atoms with Crippen LogP contribution in [0.2, 0.25) is 0 Å². The Balaban J connectivity index is 1.89. The molecule has 0 saturated heterocycles. The summed E-state index contributed by atoms with van der Waals surface area (Å²) in [5.41, 5.74) is 3.00. The molecule has 0 aliphatic carbocycles. The quantitative estimate of drug-likeness (QED) is 0.306. The number of thioether (sulfide) groups is 1. The standard InChI is InChI=1S/C20H22N4O3S/c1-4-10-23-19(15-7-5-6-14(2)11-15)21-22-20(23)28-13-16-12-17(24(25)26)8-9-18(16)27-3/h5-9,11-12H,4,10,13H2,1-3H3. The van der Waals surface area contributed by atoms with Crippen molar-refractivity contribution in [1.29, 1.82) is 0 Å². The third-order valence-electron chi connectivity index (χ3n) is 4.27. The number of aromatic nitrogens is 3. The third kappa shape index (κ3) is 4.33. The van der Waals surface area contributed by atoms with E-state index < -0.39 is 4.92 Å². The lowest BCUT2D eigenvalue weighted by atomic mass is 10.1. The van der Waals surface area contributed by atoms with Gasteiger partial charge in [-0.1, -0.05) is 42.4 Å². The van der Waals surface area contributed by atoms with E-state index in [4.69, 9.17) is 4.74 Å². The van der Waals surface area contributed by atoms with Gasteiger partial charge in [0.25, 0.3) is 5.69 Å². The van der Waals surface area contributed by atoms with Crippen molar-refractivity contribution in [2.45, 2.75) is 37.7 Å². The van der Waals surface area contributed by atoms with Crippen LogP contribution in [-0.2, 0) is 12.3 Å². The molecule has 28 heavy (non-hydrogen) atoms. The molecule has 0 saturated carbocycles. The lowest BCUT2D eigenvalue weighted by Gasteiger charge is -2.11. The molecule has 2 aromatic carbocycles. The number of aryl methyl sites for hydroxylation is 1. The average molecular weight is 398 g/mol. The van der Waals surface area contributed by atoms with Crippen LogP contribution in [0.3, 0.4) is 0 Å². The first-order valence-corrected chi connectivity index (χ1v) is 9.96. The van der Waals surface area contributed by atoms with Crippen LogP contribution in [0.5, 0.6) is 5.75 Å². The van der Waals surface area contributed by atoms with Crippen LogP contribution in [-0.4, -0.2) is 26.8 Å². The van der Waals surface area contributed by atoms with Gasteiger partial charge >= 0.3 is 0 Å². The molecule has 146 valence electrons. The van der Waals surface area contributed by atoms with Crippen LogP contribution in [0.4, 0.5) is 5.69 Å². The Hall–Kier alpha value is -2.87. The minimum atomic E-state index is -0.400. The monoisotopic (exact) mass is 398 g/mol. The SMILES string of the molecule is CCCn1c(SCc2cc([N+](=O)[O-])ccc2OC)nnc1-c1cccc(C)c1. The number of rotatable bonds is 8. The molecule has 0 N–H and O–H groups in total. The average Bonchev–Trinajstić information content (AvgIpc) is 3.09. The molecule has 3 aromatic rings. The van der Waals surface area contributed by atoms with Crippen molar-refractivity contribution in [2.24, 2.45) is 0 Å². The minimum Gasteiger partial charge on any atom is -0.496 e. The first-order valence-electron chi connectivity index (χ1n) is 8.97. The van der Waals surface area contributed by atoms with E-state index >= 15 is 0 Å². The number of hydrogen-bond donors (Lipinski definition) is 0. The van der Waals surface area contributed by atoms with Crippen LogP contribution >= 0.6 is 11.8 Å². The Morgan fingerprint density at radius 1 is 1.21 bits per heavy atom. The Morgan fingerprint density at radius 2 is 2.04 bits per heavy atom. The number of hydrogen-bond acceptors (Lipinski definition) is 6. The number of non-ortho nitro benzene ring substituents is 1. The van der Waals surface area contributed by atoms with E-state index in [2.05, 4.69) is 27.8 Å². The molecule has 8 heteroatoms. The van der Waals surface area contributed by atoms with Gasteiger partial charge in [-0.25, -0.2) is 0 Å². The molecule has 0 unspecified atom stereocenters. The van der Waals surface area contributed by atoms with Crippen molar-refractivity contribution < 1.29 is 9.66 Å². The summed E-state index contributed by atoms with van der Waals surface area (Å²) >= 11 is 1.50. The van der Waals surface area contributed by atoms with Gasteiger partial charge in [0.1, 0.15) is 5.75 Å². The summed E-state index contributed by atoms with van der Waals surface area (Å²) in [5.74, 6) is 1.96. The summed E-state index contributed by atoms with van der Waals surface area (Å²) < 4.78 is 7.46. The molecule has 0 fully saturated rings. The van der Waals surface area contributed by atoms with Gasteiger partial charge in [0.15, 0.2) is 11.0 Å². The number of benzene rings is 2. The molecule has 0 bridgehead atoms. The van der Waals surface area contributed by atoms with Gasteiger partial charge in [0.2, 0.25) is 0 Å². The van der Waals surface area contributed by atoms with Crippen molar-refractivity contribution in [3.63, 3.8) is 0 Å². The summed E-state index contributed by atoms with van der Waals surface area (Å²) in [6, 6.07) is 12.8. The number of ether oxygens (including phenoxy) is 1. The van der Waals surface area contributed by atoms with Crippen molar-refractivity contribution in [2.75, 3.05) is 7.11 Å². The van der Waals surface area contributed by atoms with Crippen LogP contribution in [0.25, 0.3) is 11.4 Å². The Kier molecular flexibility index (Phi) is 6.30. The summed E-state index contributed by atoms with van der Waals surface area (Å²) in [5, 5.41) is 20.6. The fourth-order valence-corrected chi connectivity index (χ4v) is 3.89. The number of nitro benzene ring substituents is 1. The number of methoxy groups -OCH3 is 1. The fourth-order valence-electron chi connectivity index (χ4n) is 2.95. The first-order chi connectivity index (χ1) is 13.5. The van der Waals surface area contributed by atoms with E-state index in [1.54, 1.807) is 19.2 Å². The van der Waals surface area contributed by atoms with Gasteiger partial charge in [0.05, 0.1) is 12.0 Å². The zero-order valence-electron chi connectivity index (χ0n) is 16.1. The van der Waals surface area contributed by atoms with Gasteiger partial charge in [0, 0.05) is 35.6 Å². The van der Waals surface area contributed by atoms with Crippen molar-refractivity contribution in [3.8, 4) is 17.1 Å². The molecule has 1 aromatic heterocycles. The lowest BCUT2D eigenvalue weighted by Crippen LogP contribution is -2.02. The maximum absolute atomic E-state index is 11.1. The van der Waals surface area contributed by atoms with Gasteiger partial charge < -0.3 is 9.30 Å². The molecule has 0 aliphatic heterocycles. The van der Waals surface area contributed by atoms with Crippen LogP contribution in [0.15, 0.2) is 47.6 Å². The molecule has 1 heterocycles. The van der Waals surface area contributed by atoms with E-state index in [1.807, 2.05) is 25.1 Å². The van der Waals surface area contributed by atoms with E-state index in [0.29, 0.717) is 11.5 Å². The van der Waals surface area contributed by atoms with Crippen molar-refractivity contribution in [1.82, 2.24) is 14.8 Å². The highest BCUT2D eigenvalue weighted by Crippen LogP contribution is 2.32. The minimum absolute atomic E-state index is 0.0480. The topological polar surface area (TPSA) is 83.1 Å². The van der Waals surface area contributed by atoms with Crippen molar-refractivity contribution in [3.05, 3.63) is 63.7 Å². The molecule has 0 atom stereocenters. The van der Waals surface area contributed by atoms with E-state index in [0.717, 1.165) is 35.1 Å². The highest BCUT2D eigenvalue weighted by molar-refractivity contribution is 7.98. The van der Waals surface area contributed by atoms with Crippen LogP contribution in [0.1, 0.15) is 24.5 Å². The number of nitro groups is 1. The molecule has 0 radical (unpaired) electrons. The maximum Gasteiger partial charge on any atom is 0.270 e. The second kappa shape index (κ2) is 8.88. The summed E-state index contributed by atoms with van der Waals surface area (Å²) in [7, 11) is 1.56. The highest BCUT2D eigenvalue weighted by atomic mass is 32.2. The zero-order valence-corrected chi connectivity index (χ0v) is 16.9. The van der Waals surface area contributed by atoms with E-state index in [9.17, 15) is 10.1 Å². The molecule has 0 spiro atoms. The van der Waals surface area contributed by atoms with E-state index in [-0.39, 0.29) is 5.69 Å². The van der Waals surface area contributed by atoms with E-state index in [1.165, 1.54) is 23.4 Å². The molecular formula is C20H22N4O3S. The maximum atomic E-state index is 11.1. The summed E-state index contributed by atoms with van der Waals surface area (Å²) in [6.07, 6.45) is 0.949. The van der Waals surface area contributed by atoms with Crippen LogP contribution in [0, 0.1) is 17.0 Å². The van der Waals surface area contributed by atoms with Gasteiger partial charge in [-0.2, -0.15) is 0 Å². The molecular weight excluding hydrogens is 376 g/mol. The lowest BCUT2D eigenvalue weighted by molar-refractivity contribution is -0.384. The Labute approximate surface area is 167 Å². The summed E-state index contributed by atoms with van der Waals surface area (Å²) in [4.78, 5) is 10.7. The first kappa shape index (κ1) is 19.9. The molecule has 3 rings (SSSR count). The van der Waals surface area contributed by atoms with Gasteiger partial charge in [-0.15, -0.1) is 10.2 Å². The normalized spacial score (nSPS) is 10.8.